The molecule has 0 bridgehead atoms. The number of rotatable bonds is 7. The van der Waals surface area contributed by atoms with Crippen LogP contribution in [0.2, 0.25) is 5.02 Å². The Morgan fingerprint density at radius 2 is 1.81 bits per heavy atom. The number of piperazine rings is 1. The van der Waals surface area contributed by atoms with E-state index in [0.717, 1.165) is 56.1 Å². The Morgan fingerprint density at radius 1 is 1.09 bits per heavy atom. The first-order valence-electron chi connectivity index (χ1n) is 10.8. The fourth-order valence-corrected chi connectivity index (χ4v) is 4.18. The standard InChI is InChI=1S/C25H26ClN3O3/c1-18-22-8-7-21(15-24(22)32-25(30)23(18)16-27)31-14-2-9-28-10-12-29(13-11-28)17-19-3-5-20(26)6-4-19/h3-8,15H,2,9-14,17H2,1H3. The molecule has 0 atom stereocenters. The summed E-state index contributed by atoms with van der Waals surface area (Å²) in [7, 11) is 0. The topological polar surface area (TPSA) is 69.7 Å². The molecule has 3 aromatic rings. The van der Waals surface area contributed by atoms with Crippen LogP contribution in [-0.4, -0.2) is 49.1 Å². The summed E-state index contributed by atoms with van der Waals surface area (Å²) in [5.74, 6) is 0.664. The lowest BCUT2D eigenvalue weighted by molar-refractivity contribution is 0.121. The van der Waals surface area contributed by atoms with E-state index in [4.69, 9.17) is 26.0 Å². The molecule has 6 nitrogen and oxygen atoms in total. The molecule has 0 saturated carbocycles. The van der Waals surface area contributed by atoms with Crippen molar-refractivity contribution in [1.29, 1.82) is 5.26 Å². The summed E-state index contributed by atoms with van der Waals surface area (Å²) in [6.07, 6.45) is 0.922. The summed E-state index contributed by atoms with van der Waals surface area (Å²) < 4.78 is 11.2. The van der Waals surface area contributed by atoms with Crippen LogP contribution >= 0.6 is 11.6 Å². The second kappa shape index (κ2) is 10.2. The fraction of sp³-hybridized carbons (Fsp3) is 0.360. The number of hydrogen-bond acceptors (Lipinski definition) is 6. The van der Waals surface area contributed by atoms with Crippen LogP contribution in [0.4, 0.5) is 0 Å². The number of aryl methyl sites for hydroxylation is 1. The van der Waals surface area contributed by atoms with E-state index in [2.05, 4.69) is 21.9 Å². The van der Waals surface area contributed by atoms with Crippen molar-refractivity contribution in [1.82, 2.24) is 9.80 Å². The van der Waals surface area contributed by atoms with E-state index in [1.165, 1.54) is 5.56 Å². The van der Waals surface area contributed by atoms with E-state index < -0.39 is 5.63 Å². The third kappa shape index (κ3) is 5.31. The maximum absolute atomic E-state index is 11.9. The summed E-state index contributed by atoms with van der Waals surface area (Å²) in [6.45, 7) is 8.51. The fourth-order valence-electron chi connectivity index (χ4n) is 4.05. The number of fused-ring (bicyclic) bond motifs is 1. The minimum Gasteiger partial charge on any atom is -0.493 e. The van der Waals surface area contributed by atoms with Crippen molar-refractivity contribution in [3.05, 3.63) is 74.6 Å². The quantitative estimate of drug-likeness (QED) is 0.396. The van der Waals surface area contributed by atoms with Crippen molar-refractivity contribution in [2.45, 2.75) is 19.9 Å². The van der Waals surface area contributed by atoms with Crippen LogP contribution in [-0.2, 0) is 6.54 Å². The maximum Gasteiger partial charge on any atom is 0.354 e. The Balaban J connectivity index is 1.22. The Labute approximate surface area is 192 Å². The van der Waals surface area contributed by atoms with Crippen LogP contribution in [0.5, 0.6) is 5.75 Å². The zero-order chi connectivity index (χ0) is 22.5. The molecule has 0 radical (unpaired) electrons. The van der Waals surface area contributed by atoms with Crippen LogP contribution < -0.4 is 10.4 Å². The van der Waals surface area contributed by atoms with Crippen LogP contribution in [0.25, 0.3) is 11.0 Å². The van der Waals surface area contributed by atoms with E-state index in [9.17, 15) is 4.79 Å². The van der Waals surface area contributed by atoms with E-state index in [1.54, 1.807) is 13.0 Å². The molecule has 2 heterocycles. The molecule has 4 rings (SSSR count). The Bertz CT molecular complexity index is 1180. The van der Waals surface area contributed by atoms with Gasteiger partial charge in [-0.1, -0.05) is 23.7 Å². The summed E-state index contributed by atoms with van der Waals surface area (Å²) >= 11 is 5.96. The van der Waals surface area contributed by atoms with Crippen molar-refractivity contribution < 1.29 is 9.15 Å². The summed E-state index contributed by atoms with van der Waals surface area (Å²) in [4.78, 5) is 16.9. The number of halogens is 1. The van der Waals surface area contributed by atoms with Gasteiger partial charge in [0.1, 0.15) is 23.0 Å². The summed E-state index contributed by atoms with van der Waals surface area (Å²) in [6, 6.07) is 15.4. The zero-order valence-electron chi connectivity index (χ0n) is 18.1. The minimum absolute atomic E-state index is 0.0550. The molecule has 1 aliphatic heterocycles. The minimum atomic E-state index is -0.607. The van der Waals surface area contributed by atoms with Crippen LogP contribution in [0.15, 0.2) is 51.7 Å². The number of nitrogens with zero attached hydrogens (tertiary/aromatic N) is 3. The van der Waals surface area contributed by atoms with Gasteiger partial charge in [-0.05, 0) is 48.7 Å². The van der Waals surface area contributed by atoms with Gasteiger partial charge in [-0.15, -0.1) is 0 Å². The molecule has 0 aliphatic carbocycles. The molecule has 0 unspecified atom stereocenters. The van der Waals surface area contributed by atoms with E-state index in [-0.39, 0.29) is 5.56 Å². The summed E-state index contributed by atoms with van der Waals surface area (Å²) in [5, 5.41) is 10.6. The highest BCUT2D eigenvalue weighted by atomic mass is 35.5. The molecular formula is C25H26ClN3O3. The van der Waals surface area contributed by atoms with Gasteiger partial charge >= 0.3 is 5.63 Å². The van der Waals surface area contributed by atoms with Crippen molar-refractivity contribution in [3.63, 3.8) is 0 Å². The number of ether oxygens (including phenoxy) is 1. The SMILES string of the molecule is Cc1c(C#N)c(=O)oc2cc(OCCCN3CCN(Cc4ccc(Cl)cc4)CC3)ccc12. The van der Waals surface area contributed by atoms with Crippen molar-refractivity contribution in [2.75, 3.05) is 39.3 Å². The average molecular weight is 452 g/mol. The van der Waals surface area contributed by atoms with Gasteiger partial charge in [-0.2, -0.15) is 5.26 Å². The van der Waals surface area contributed by atoms with E-state index >= 15 is 0 Å². The van der Waals surface area contributed by atoms with Crippen molar-refractivity contribution in [3.8, 4) is 11.8 Å². The highest BCUT2D eigenvalue weighted by molar-refractivity contribution is 6.30. The molecule has 2 aromatic carbocycles. The molecule has 0 N–H and O–H groups in total. The van der Waals surface area contributed by atoms with Gasteiger partial charge in [0.25, 0.3) is 0 Å². The summed E-state index contributed by atoms with van der Waals surface area (Å²) in [5.41, 5.74) is 1.83. The third-order valence-electron chi connectivity index (χ3n) is 5.92. The Morgan fingerprint density at radius 3 is 2.53 bits per heavy atom. The second-order valence-electron chi connectivity index (χ2n) is 8.11. The van der Waals surface area contributed by atoms with Crippen LogP contribution in [0, 0.1) is 18.3 Å². The Hall–Kier alpha value is -2.85. The van der Waals surface area contributed by atoms with Gasteiger partial charge in [0, 0.05) is 55.7 Å². The monoisotopic (exact) mass is 451 g/mol. The molecule has 1 aromatic heterocycles. The molecule has 1 saturated heterocycles. The van der Waals surface area contributed by atoms with Crippen molar-refractivity contribution in [2.24, 2.45) is 0 Å². The van der Waals surface area contributed by atoms with Gasteiger partial charge in [0.2, 0.25) is 0 Å². The molecule has 32 heavy (non-hydrogen) atoms. The van der Waals surface area contributed by atoms with Gasteiger partial charge in [0.15, 0.2) is 0 Å². The maximum atomic E-state index is 11.9. The molecule has 166 valence electrons. The van der Waals surface area contributed by atoms with Crippen LogP contribution in [0.1, 0.15) is 23.1 Å². The predicted molar refractivity (Wildman–Crippen MR) is 125 cm³/mol. The normalized spacial score (nSPS) is 15.0. The molecule has 1 aliphatic rings. The van der Waals surface area contributed by atoms with E-state index in [1.807, 2.05) is 30.3 Å². The zero-order valence-corrected chi connectivity index (χ0v) is 18.9. The third-order valence-corrected chi connectivity index (χ3v) is 6.17. The molecule has 0 amide bonds. The lowest BCUT2D eigenvalue weighted by atomic mass is 10.1. The van der Waals surface area contributed by atoms with Gasteiger partial charge in [-0.3, -0.25) is 4.90 Å². The highest BCUT2D eigenvalue weighted by Crippen LogP contribution is 2.24. The highest BCUT2D eigenvalue weighted by Gasteiger charge is 2.17. The number of benzene rings is 2. The largest absolute Gasteiger partial charge is 0.493 e. The molecule has 1 fully saturated rings. The molecule has 7 heteroatoms. The average Bonchev–Trinajstić information content (AvgIpc) is 2.79. The number of nitriles is 1. The first-order valence-corrected chi connectivity index (χ1v) is 11.2. The second-order valence-corrected chi connectivity index (χ2v) is 8.54. The first-order chi connectivity index (χ1) is 15.5. The predicted octanol–water partition coefficient (Wildman–Crippen LogP) is 4.21. The smallest absolute Gasteiger partial charge is 0.354 e. The first kappa shape index (κ1) is 22.3. The number of hydrogen-bond donors (Lipinski definition) is 0. The van der Waals surface area contributed by atoms with Gasteiger partial charge in [-0.25, -0.2) is 4.79 Å². The molecular weight excluding hydrogens is 426 g/mol. The lowest BCUT2D eigenvalue weighted by Crippen LogP contribution is -2.46. The van der Waals surface area contributed by atoms with Crippen molar-refractivity contribution >= 4 is 22.6 Å². The lowest BCUT2D eigenvalue weighted by Gasteiger charge is -2.34. The molecule has 0 spiro atoms. The van der Waals surface area contributed by atoms with Gasteiger partial charge < -0.3 is 14.1 Å². The Kier molecular flexibility index (Phi) is 7.11. The van der Waals surface area contributed by atoms with E-state index in [0.29, 0.717) is 23.5 Å². The van der Waals surface area contributed by atoms with Crippen LogP contribution in [0.3, 0.4) is 0 Å². The van der Waals surface area contributed by atoms with Gasteiger partial charge in [0.05, 0.1) is 6.61 Å².